The van der Waals surface area contributed by atoms with Crippen LogP contribution in [0.15, 0.2) is 0 Å². The van der Waals surface area contributed by atoms with E-state index in [1.807, 2.05) is 0 Å². The predicted octanol–water partition coefficient (Wildman–Crippen LogP) is 1.32. The van der Waals surface area contributed by atoms with E-state index in [-0.39, 0.29) is 17.3 Å². The molecule has 0 spiro atoms. The van der Waals surface area contributed by atoms with Crippen molar-refractivity contribution in [1.29, 1.82) is 0 Å². The van der Waals surface area contributed by atoms with Gasteiger partial charge in [0.15, 0.2) is 0 Å². The van der Waals surface area contributed by atoms with Gasteiger partial charge >= 0.3 is 0 Å². The summed E-state index contributed by atoms with van der Waals surface area (Å²) in [5.74, 6) is 0. The number of aliphatic hydroxyl groups excluding tert-OH is 1. The van der Waals surface area contributed by atoms with Gasteiger partial charge < -0.3 is 5.11 Å². The van der Waals surface area contributed by atoms with Crippen LogP contribution in [0.3, 0.4) is 0 Å². The zero-order chi connectivity index (χ0) is 6.78. The lowest BCUT2D eigenvalue weighted by atomic mass is 9.92. The fraction of sp³-hybridized carbons (Fsp3) is 1.00. The van der Waals surface area contributed by atoms with Crippen LogP contribution in [0, 0.1) is 5.41 Å². The summed E-state index contributed by atoms with van der Waals surface area (Å²) < 4.78 is 0. The van der Waals surface area contributed by atoms with Crippen LogP contribution in [-0.2, 0) is 0 Å². The Balaban J connectivity index is 3.62. The molecule has 0 aromatic rings. The second kappa shape index (κ2) is 2.74. The molecule has 8 heavy (non-hydrogen) atoms. The molecule has 0 aliphatic carbocycles. The molecule has 1 atom stereocenters. The molecule has 0 bridgehead atoms. The Bertz CT molecular complexity index is 65.4. The van der Waals surface area contributed by atoms with Gasteiger partial charge in [0.25, 0.3) is 0 Å². The van der Waals surface area contributed by atoms with Crippen molar-refractivity contribution in [1.82, 2.24) is 0 Å². The smallest absolute Gasteiger partial charge is 0.0552 e. The quantitative estimate of drug-likeness (QED) is 0.518. The maximum absolute atomic E-state index is 8.59. The Labute approximate surface area is 56.5 Å². The third-order valence-corrected chi connectivity index (χ3v) is 2.11. The molecule has 0 saturated heterocycles. The third kappa shape index (κ3) is 2.58. The SMILES string of the molecule is CC(C)(C)C(S)CO. The van der Waals surface area contributed by atoms with Crippen molar-refractivity contribution in [2.45, 2.75) is 26.0 Å². The van der Waals surface area contributed by atoms with E-state index < -0.39 is 0 Å². The Morgan fingerprint density at radius 1 is 1.50 bits per heavy atom. The molecule has 0 fully saturated rings. The summed E-state index contributed by atoms with van der Waals surface area (Å²) >= 11 is 4.16. The van der Waals surface area contributed by atoms with Gasteiger partial charge in [-0.1, -0.05) is 20.8 Å². The molecule has 0 radical (unpaired) electrons. The second-order valence-electron chi connectivity index (χ2n) is 3.06. The van der Waals surface area contributed by atoms with E-state index in [9.17, 15) is 0 Å². The first-order valence-electron chi connectivity index (χ1n) is 2.77. The van der Waals surface area contributed by atoms with Crippen molar-refractivity contribution in [2.75, 3.05) is 6.61 Å². The van der Waals surface area contributed by atoms with E-state index in [1.165, 1.54) is 0 Å². The molecule has 50 valence electrons. The molecular weight excluding hydrogens is 120 g/mol. The Kier molecular flexibility index (Phi) is 2.84. The summed E-state index contributed by atoms with van der Waals surface area (Å²) in [5.41, 5.74) is 0.123. The van der Waals surface area contributed by atoms with Crippen LogP contribution in [0.25, 0.3) is 0 Å². The van der Waals surface area contributed by atoms with Crippen LogP contribution in [0.1, 0.15) is 20.8 Å². The molecule has 1 unspecified atom stereocenters. The lowest BCUT2D eigenvalue weighted by Crippen LogP contribution is -2.23. The molecule has 0 heterocycles. The highest BCUT2D eigenvalue weighted by molar-refractivity contribution is 7.81. The maximum atomic E-state index is 8.59. The summed E-state index contributed by atoms with van der Waals surface area (Å²) in [6, 6.07) is 0. The van der Waals surface area contributed by atoms with Gasteiger partial charge in [0.2, 0.25) is 0 Å². The summed E-state index contributed by atoms with van der Waals surface area (Å²) in [6.07, 6.45) is 0. The van der Waals surface area contributed by atoms with Gasteiger partial charge in [-0.3, -0.25) is 0 Å². The highest BCUT2D eigenvalue weighted by Gasteiger charge is 2.19. The lowest BCUT2D eigenvalue weighted by molar-refractivity contribution is 0.236. The van der Waals surface area contributed by atoms with E-state index in [2.05, 4.69) is 33.4 Å². The van der Waals surface area contributed by atoms with E-state index in [1.54, 1.807) is 0 Å². The largest absolute Gasteiger partial charge is 0.395 e. The maximum Gasteiger partial charge on any atom is 0.0552 e. The molecular formula is C6H14OS. The summed E-state index contributed by atoms with van der Waals surface area (Å²) in [5, 5.41) is 8.69. The average molecular weight is 134 g/mol. The van der Waals surface area contributed by atoms with Gasteiger partial charge in [-0.2, -0.15) is 12.6 Å². The molecule has 1 N–H and O–H groups in total. The zero-order valence-corrected chi connectivity index (χ0v) is 6.57. The number of hydrogen-bond donors (Lipinski definition) is 2. The summed E-state index contributed by atoms with van der Waals surface area (Å²) in [6.45, 7) is 6.33. The van der Waals surface area contributed by atoms with E-state index in [4.69, 9.17) is 5.11 Å². The van der Waals surface area contributed by atoms with E-state index in [0.29, 0.717) is 0 Å². The molecule has 0 aromatic heterocycles. The summed E-state index contributed by atoms with van der Waals surface area (Å²) in [7, 11) is 0. The molecule has 0 aliphatic heterocycles. The first-order valence-corrected chi connectivity index (χ1v) is 3.29. The molecule has 0 amide bonds. The minimum Gasteiger partial charge on any atom is -0.395 e. The predicted molar refractivity (Wildman–Crippen MR) is 39.3 cm³/mol. The van der Waals surface area contributed by atoms with Crippen LogP contribution in [0.5, 0.6) is 0 Å². The Hall–Kier alpha value is 0.310. The normalized spacial score (nSPS) is 16.1. The fourth-order valence-electron chi connectivity index (χ4n) is 0.274. The monoisotopic (exact) mass is 134 g/mol. The molecule has 0 aliphatic rings. The van der Waals surface area contributed by atoms with Crippen molar-refractivity contribution < 1.29 is 5.11 Å². The number of aliphatic hydroxyl groups is 1. The summed E-state index contributed by atoms with van der Waals surface area (Å²) in [4.78, 5) is 0. The molecule has 0 aromatic carbocycles. The number of thiol groups is 1. The van der Waals surface area contributed by atoms with Crippen molar-refractivity contribution >= 4 is 12.6 Å². The molecule has 0 rings (SSSR count). The van der Waals surface area contributed by atoms with Crippen LogP contribution in [-0.4, -0.2) is 17.0 Å². The van der Waals surface area contributed by atoms with Gasteiger partial charge in [-0.05, 0) is 5.41 Å². The van der Waals surface area contributed by atoms with Crippen molar-refractivity contribution in [3.05, 3.63) is 0 Å². The first kappa shape index (κ1) is 8.31. The highest BCUT2D eigenvalue weighted by Crippen LogP contribution is 2.22. The van der Waals surface area contributed by atoms with Gasteiger partial charge in [0.05, 0.1) is 6.61 Å². The molecule has 2 heteroatoms. The Morgan fingerprint density at radius 2 is 1.88 bits per heavy atom. The van der Waals surface area contributed by atoms with Gasteiger partial charge in [-0.25, -0.2) is 0 Å². The van der Waals surface area contributed by atoms with Crippen molar-refractivity contribution in [2.24, 2.45) is 5.41 Å². The molecule has 1 nitrogen and oxygen atoms in total. The minimum atomic E-state index is 0.0995. The highest BCUT2D eigenvalue weighted by atomic mass is 32.1. The number of rotatable bonds is 1. The fourth-order valence-corrected chi connectivity index (χ4v) is 0.274. The standard InChI is InChI=1S/C6H14OS/c1-6(2,3)5(8)4-7/h5,7-8H,4H2,1-3H3. The number of hydrogen-bond acceptors (Lipinski definition) is 2. The minimum absolute atomic E-state index is 0.0995. The Morgan fingerprint density at radius 3 is 1.88 bits per heavy atom. The average Bonchev–Trinajstić information content (AvgIpc) is 1.62. The first-order chi connectivity index (χ1) is 3.48. The van der Waals surface area contributed by atoms with E-state index in [0.717, 1.165) is 0 Å². The van der Waals surface area contributed by atoms with Crippen LogP contribution < -0.4 is 0 Å². The third-order valence-electron chi connectivity index (χ3n) is 1.17. The van der Waals surface area contributed by atoms with E-state index >= 15 is 0 Å². The van der Waals surface area contributed by atoms with Crippen LogP contribution >= 0.6 is 12.6 Å². The molecule has 0 saturated carbocycles. The van der Waals surface area contributed by atoms with Crippen LogP contribution in [0.4, 0.5) is 0 Å². The lowest BCUT2D eigenvalue weighted by Gasteiger charge is -2.23. The van der Waals surface area contributed by atoms with Gasteiger partial charge in [0, 0.05) is 5.25 Å². The van der Waals surface area contributed by atoms with Crippen LogP contribution in [0.2, 0.25) is 0 Å². The topological polar surface area (TPSA) is 20.2 Å². The zero-order valence-electron chi connectivity index (χ0n) is 5.68. The second-order valence-corrected chi connectivity index (χ2v) is 3.69. The van der Waals surface area contributed by atoms with Gasteiger partial charge in [-0.15, -0.1) is 0 Å². The van der Waals surface area contributed by atoms with Crippen molar-refractivity contribution in [3.8, 4) is 0 Å². The van der Waals surface area contributed by atoms with Gasteiger partial charge in [0.1, 0.15) is 0 Å². The van der Waals surface area contributed by atoms with Crippen molar-refractivity contribution in [3.63, 3.8) is 0 Å².